The predicted octanol–water partition coefficient (Wildman–Crippen LogP) is 5.37. The Morgan fingerprint density at radius 2 is 1.67 bits per heavy atom. The zero-order valence-corrected chi connectivity index (χ0v) is 20.5. The number of rotatable bonds is 7. The van der Waals surface area contributed by atoms with Crippen LogP contribution < -0.4 is 19.7 Å². The summed E-state index contributed by atoms with van der Waals surface area (Å²) >= 11 is 3.40. The number of benzene rings is 3. The molecule has 1 N–H and O–H groups in total. The highest BCUT2D eigenvalue weighted by Gasteiger charge is 2.37. The number of urea groups is 1. The molecule has 0 bridgehead atoms. The molecule has 0 aromatic heterocycles. The summed E-state index contributed by atoms with van der Waals surface area (Å²) in [5.74, 6) is -2.08. The summed E-state index contributed by atoms with van der Waals surface area (Å²) in [6, 6.07) is 13.1. The van der Waals surface area contributed by atoms with E-state index in [1.54, 1.807) is 37.3 Å². The molecular weight excluding hydrogens is 538 g/mol. The van der Waals surface area contributed by atoms with Crippen LogP contribution in [0.15, 0.2) is 70.7 Å². The highest BCUT2D eigenvalue weighted by Crippen LogP contribution is 2.36. The van der Waals surface area contributed by atoms with Crippen molar-refractivity contribution in [2.75, 3.05) is 11.5 Å². The zero-order valence-electron chi connectivity index (χ0n) is 18.9. The van der Waals surface area contributed by atoms with E-state index < -0.39 is 29.5 Å². The lowest BCUT2D eigenvalue weighted by Gasteiger charge is -2.26. The molecule has 3 aromatic rings. The molecule has 1 aliphatic rings. The van der Waals surface area contributed by atoms with E-state index in [0.717, 1.165) is 17.0 Å². The highest BCUT2D eigenvalue weighted by molar-refractivity contribution is 9.10. The lowest BCUT2D eigenvalue weighted by Crippen LogP contribution is -2.54. The molecule has 0 radical (unpaired) electrons. The smallest absolute Gasteiger partial charge is 0.335 e. The molecule has 0 unspecified atom stereocenters. The van der Waals surface area contributed by atoms with Crippen LogP contribution in [0.1, 0.15) is 18.1 Å². The van der Waals surface area contributed by atoms with E-state index in [1.165, 1.54) is 24.3 Å². The van der Waals surface area contributed by atoms with Gasteiger partial charge in [-0.15, -0.1) is 0 Å². The number of carbonyl (C=O) groups is 3. The van der Waals surface area contributed by atoms with E-state index in [9.17, 15) is 23.2 Å². The molecule has 1 saturated heterocycles. The number of ether oxygens (including phenoxy) is 2. The molecule has 1 fully saturated rings. The van der Waals surface area contributed by atoms with Crippen molar-refractivity contribution in [3.8, 4) is 11.5 Å². The fraction of sp³-hybridized carbons (Fsp3) is 0.115. The molecular formula is C26H19BrF2N2O5. The van der Waals surface area contributed by atoms with E-state index >= 15 is 0 Å². The first-order valence-electron chi connectivity index (χ1n) is 10.8. The van der Waals surface area contributed by atoms with Gasteiger partial charge in [0.15, 0.2) is 11.5 Å². The minimum absolute atomic E-state index is 0.0464. The first-order valence-corrected chi connectivity index (χ1v) is 11.6. The van der Waals surface area contributed by atoms with Crippen molar-refractivity contribution in [2.45, 2.75) is 13.5 Å². The second kappa shape index (κ2) is 10.7. The van der Waals surface area contributed by atoms with Crippen molar-refractivity contribution in [3.63, 3.8) is 0 Å². The van der Waals surface area contributed by atoms with Crippen LogP contribution in [0.3, 0.4) is 0 Å². The molecule has 36 heavy (non-hydrogen) atoms. The average Bonchev–Trinajstić information content (AvgIpc) is 2.84. The van der Waals surface area contributed by atoms with Gasteiger partial charge in [-0.25, -0.2) is 18.5 Å². The predicted molar refractivity (Wildman–Crippen MR) is 131 cm³/mol. The molecule has 4 rings (SSSR count). The fourth-order valence-electron chi connectivity index (χ4n) is 3.45. The molecule has 0 aliphatic carbocycles. The quantitative estimate of drug-likeness (QED) is 0.312. The third-order valence-corrected chi connectivity index (χ3v) is 5.88. The van der Waals surface area contributed by atoms with Crippen molar-refractivity contribution in [1.82, 2.24) is 5.32 Å². The van der Waals surface area contributed by atoms with Gasteiger partial charge in [0.2, 0.25) is 0 Å². The standard InChI is InChI=1S/C26H19BrF2N2O5/c1-2-35-22-12-16(20(27)13-23(22)36-14-15-5-3-4-6-21(15)29)11-19-24(32)30-26(34)31(25(19)33)18-9-7-17(28)8-10-18/h3-13H,2,14H2,1H3,(H,30,32,34)/b19-11+. The van der Waals surface area contributed by atoms with Crippen LogP contribution in [0.2, 0.25) is 0 Å². The summed E-state index contributed by atoms with van der Waals surface area (Å²) in [5.41, 5.74) is 0.534. The third kappa shape index (κ3) is 5.28. The maximum atomic E-state index is 14.0. The Bertz CT molecular complexity index is 1380. The zero-order chi connectivity index (χ0) is 25.8. The number of halogens is 3. The van der Waals surface area contributed by atoms with Gasteiger partial charge < -0.3 is 9.47 Å². The highest BCUT2D eigenvalue weighted by atomic mass is 79.9. The van der Waals surface area contributed by atoms with E-state index in [2.05, 4.69) is 21.2 Å². The Morgan fingerprint density at radius 3 is 2.36 bits per heavy atom. The molecule has 0 saturated carbocycles. The number of hydrogen-bond donors (Lipinski definition) is 1. The van der Waals surface area contributed by atoms with Gasteiger partial charge in [0, 0.05) is 10.0 Å². The molecule has 1 aliphatic heterocycles. The van der Waals surface area contributed by atoms with Crippen molar-refractivity contribution in [3.05, 3.63) is 93.5 Å². The lowest BCUT2D eigenvalue weighted by atomic mass is 10.1. The van der Waals surface area contributed by atoms with Gasteiger partial charge in [-0.05, 0) is 61.0 Å². The Balaban J connectivity index is 1.67. The van der Waals surface area contributed by atoms with Crippen molar-refractivity contribution in [2.24, 2.45) is 0 Å². The number of amides is 4. The van der Waals surface area contributed by atoms with E-state index in [4.69, 9.17) is 9.47 Å². The van der Waals surface area contributed by atoms with Crippen LogP contribution in [-0.4, -0.2) is 24.5 Å². The Labute approximate surface area is 213 Å². The third-order valence-electron chi connectivity index (χ3n) is 5.19. The number of barbiturate groups is 1. The monoisotopic (exact) mass is 556 g/mol. The number of imide groups is 2. The van der Waals surface area contributed by atoms with Gasteiger partial charge in [0.05, 0.1) is 12.3 Å². The van der Waals surface area contributed by atoms with Gasteiger partial charge in [0.25, 0.3) is 11.8 Å². The largest absolute Gasteiger partial charge is 0.490 e. The van der Waals surface area contributed by atoms with E-state index in [0.29, 0.717) is 33.7 Å². The Morgan fingerprint density at radius 1 is 0.972 bits per heavy atom. The second-order valence-corrected chi connectivity index (χ2v) is 8.42. The Hall–Kier alpha value is -4.05. The number of carbonyl (C=O) groups excluding carboxylic acids is 3. The molecule has 0 atom stereocenters. The summed E-state index contributed by atoms with van der Waals surface area (Å²) in [6.45, 7) is 2.01. The molecule has 10 heteroatoms. The average molecular weight is 557 g/mol. The Kier molecular flexibility index (Phi) is 7.44. The van der Waals surface area contributed by atoms with Gasteiger partial charge in [-0.2, -0.15) is 0 Å². The summed E-state index contributed by atoms with van der Waals surface area (Å²) in [7, 11) is 0. The SMILES string of the molecule is CCOc1cc(/C=C2\C(=O)NC(=O)N(c3ccc(F)cc3)C2=O)c(Br)cc1OCc1ccccc1F. The molecule has 0 spiro atoms. The minimum atomic E-state index is -0.945. The van der Waals surface area contributed by atoms with Crippen molar-refractivity contribution in [1.29, 1.82) is 0 Å². The number of nitrogens with zero attached hydrogens (tertiary/aromatic N) is 1. The van der Waals surface area contributed by atoms with Gasteiger partial charge in [-0.3, -0.25) is 14.9 Å². The van der Waals surface area contributed by atoms with Crippen LogP contribution in [-0.2, 0) is 16.2 Å². The van der Waals surface area contributed by atoms with Crippen LogP contribution in [0.5, 0.6) is 11.5 Å². The molecule has 7 nitrogen and oxygen atoms in total. The van der Waals surface area contributed by atoms with Crippen LogP contribution in [0.25, 0.3) is 6.08 Å². The molecule has 3 aromatic carbocycles. The topological polar surface area (TPSA) is 84.9 Å². The maximum Gasteiger partial charge on any atom is 0.335 e. The molecule has 184 valence electrons. The first kappa shape index (κ1) is 25.1. The number of anilines is 1. The first-order chi connectivity index (χ1) is 17.3. The van der Waals surface area contributed by atoms with E-state index in [1.807, 2.05) is 0 Å². The second-order valence-electron chi connectivity index (χ2n) is 7.57. The number of hydrogen-bond acceptors (Lipinski definition) is 5. The normalized spacial score (nSPS) is 14.7. The van der Waals surface area contributed by atoms with Gasteiger partial charge in [0.1, 0.15) is 23.8 Å². The molecule has 4 amide bonds. The van der Waals surface area contributed by atoms with Crippen molar-refractivity contribution < 1.29 is 32.6 Å². The summed E-state index contributed by atoms with van der Waals surface area (Å²) in [4.78, 5) is 38.7. The van der Waals surface area contributed by atoms with Crippen LogP contribution in [0.4, 0.5) is 19.3 Å². The lowest BCUT2D eigenvalue weighted by molar-refractivity contribution is -0.122. The fourth-order valence-corrected chi connectivity index (χ4v) is 3.89. The molecule has 1 heterocycles. The summed E-state index contributed by atoms with van der Waals surface area (Å²) in [5, 5.41) is 2.12. The summed E-state index contributed by atoms with van der Waals surface area (Å²) < 4.78 is 39.2. The summed E-state index contributed by atoms with van der Waals surface area (Å²) in [6.07, 6.45) is 1.30. The van der Waals surface area contributed by atoms with Crippen LogP contribution >= 0.6 is 15.9 Å². The maximum absolute atomic E-state index is 14.0. The van der Waals surface area contributed by atoms with Gasteiger partial charge in [-0.1, -0.05) is 34.1 Å². The van der Waals surface area contributed by atoms with Gasteiger partial charge >= 0.3 is 6.03 Å². The van der Waals surface area contributed by atoms with Crippen LogP contribution in [0, 0.1) is 11.6 Å². The minimum Gasteiger partial charge on any atom is -0.490 e. The van der Waals surface area contributed by atoms with Crippen molar-refractivity contribution >= 4 is 45.5 Å². The number of nitrogens with one attached hydrogen (secondary N) is 1. The van der Waals surface area contributed by atoms with E-state index in [-0.39, 0.29) is 17.9 Å².